The van der Waals surface area contributed by atoms with E-state index in [9.17, 15) is 18.4 Å². The van der Waals surface area contributed by atoms with Gasteiger partial charge in [0.2, 0.25) is 0 Å². The summed E-state index contributed by atoms with van der Waals surface area (Å²) in [5.74, 6) is -4.47. The van der Waals surface area contributed by atoms with Crippen LogP contribution in [0.3, 0.4) is 0 Å². The van der Waals surface area contributed by atoms with Crippen molar-refractivity contribution in [2.45, 2.75) is 0 Å². The number of benzene rings is 1. The summed E-state index contributed by atoms with van der Waals surface area (Å²) in [6.07, 6.45) is 0. The van der Waals surface area contributed by atoms with Crippen molar-refractivity contribution < 1.29 is 23.5 Å². The Morgan fingerprint density at radius 3 is 2.29 bits per heavy atom. The second-order valence-electron chi connectivity index (χ2n) is 3.81. The minimum atomic E-state index is -1.55. The van der Waals surface area contributed by atoms with Crippen LogP contribution in [0.4, 0.5) is 14.5 Å². The Kier molecular flexibility index (Phi) is 4.74. The molecule has 2 rings (SSSR count). The van der Waals surface area contributed by atoms with Crippen LogP contribution in [0.1, 0.15) is 20.7 Å². The highest BCUT2D eigenvalue weighted by molar-refractivity contribution is 9.12. The predicted molar refractivity (Wildman–Crippen MR) is 81.0 cm³/mol. The zero-order valence-electron chi connectivity index (χ0n) is 9.92. The molecule has 9 heteroatoms. The van der Waals surface area contributed by atoms with Crippen molar-refractivity contribution in [1.82, 2.24) is 0 Å². The fourth-order valence-electron chi connectivity index (χ4n) is 1.49. The van der Waals surface area contributed by atoms with Crippen LogP contribution in [0.2, 0.25) is 0 Å². The number of anilines is 1. The molecule has 21 heavy (non-hydrogen) atoms. The van der Waals surface area contributed by atoms with E-state index in [2.05, 4.69) is 37.2 Å². The lowest BCUT2D eigenvalue weighted by atomic mass is 10.1. The number of aromatic carboxylic acids is 1. The summed E-state index contributed by atoms with van der Waals surface area (Å²) in [7, 11) is 0. The number of carbonyl (C=O) groups is 2. The third kappa shape index (κ3) is 3.47. The summed E-state index contributed by atoms with van der Waals surface area (Å²) in [6.45, 7) is 0. The standard InChI is InChI=1S/C12H5Br2F2NO3S/c13-9-2-5(10(14)21-9)11(18)17-8-1-4(12(19)20)6(15)3-7(8)16/h1-3H,(H,17,18)(H,19,20). The van der Waals surface area contributed by atoms with E-state index in [4.69, 9.17) is 5.11 Å². The third-order valence-corrected chi connectivity index (χ3v) is 4.78. The summed E-state index contributed by atoms with van der Waals surface area (Å²) in [4.78, 5) is 22.8. The van der Waals surface area contributed by atoms with Gasteiger partial charge in [0.15, 0.2) is 0 Å². The van der Waals surface area contributed by atoms with Crippen LogP contribution in [-0.4, -0.2) is 17.0 Å². The molecule has 2 N–H and O–H groups in total. The Labute approximate surface area is 138 Å². The Bertz CT molecular complexity index is 748. The predicted octanol–water partition coefficient (Wildman–Crippen LogP) is 4.50. The molecule has 2 aromatic rings. The molecule has 0 atom stereocenters. The molecule has 1 aromatic carbocycles. The molecule has 0 aliphatic carbocycles. The third-order valence-electron chi connectivity index (χ3n) is 2.44. The van der Waals surface area contributed by atoms with E-state index < -0.39 is 34.8 Å². The fourth-order valence-corrected chi connectivity index (χ4v) is 4.29. The molecule has 1 aromatic heterocycles. The van der Waals surface area contributed by atoms with Gasteiger partial charge >= 0.3 is 5.97 Å². The van der Waals surface area contributed by atoms with Gasteiger partial charge in [-0.2, -0.15) is 0 Å². The van der Waals surface area contributed by atoms with Crippen LogP contribution in [-0.2, 0) is 0 Å². The first-order chi connectivity index (χ1) is 9.79. The first-order valence-corrected chi connectivity index (χ1v) is 7.68. The molecule has 1 amide bonds. The molecule has 1 heterocycles. The molecule has 0 spiro atoms. The van der Waals surface area contributed by atoms with Crippen molar-refractivity contribution in [1.29, 1.82) is 0 Å². The Morgan fingerprint density at radius 1 is 1.10 bits per heavy atom. The van der Waals surface area contributed by atoms with Gasteiger partial charge in [0.05, 0.1) is 24.4 Å². The molecule has 0 aliphatic heterocycles. The summed E-state index contributed by atoms with van der Waals surface area (Å²) in [5, 5.41) is 11.0. The van der Waals surface area contributed by atoms with Crippen molar-refractivity contribution >= 4 is 60.8 Å². The van der Waals surface area contributed by atoms with Crippen molar-refractivity contribution in [2.75, 3.05) is 5.32 Å². The highest BCUT2D eigenvalue weighted by Gasteiger charge is 2.19. The van der Waals surface area contributed by atoms with Gasteiger partial charge in [0, 0.05) is 6.07 Å². The fraction of sp³-hybridized carbons (Fsp3) is 0. The van der Waals surface area contributed by atoms with Crippen LogP contribution in [0.25, 0.3) is 0 Å². The summed E-state index contributed by atoms with van der Waals surface area (Å²) < 4.78 is 28.1. The van der Waals surface area contributed by atoms with Gasteiger partial charge in [0.1, 0.15) is 11.6 Å². The number of amides is 1. The number of hydrogen-bond donors (Lipinski definition) is 2. The van der Waals surface area contributed by atoms with Crippen LogP contribution in [0.15, 0.2) is 25.8 Å². The van der Waals surface area contributed by atoms with Crippen LogP contribution < -0.4 is 5.32 Å². The van der Waals surface area contributed by atoms with Gasteiger partial charge in [-0.15, -0.1) is 11.3 Å². The number of carboxylic acid groups (broad SMARTS) is 1. The topological polar surface area (TPSA) is 66.4 Å². The Hall–Kier alpha value is -1.32. The van der Waals surface area contributed by atoms with Gasteiger partial charge in [0.25, 0.3) is 5.91 Å². The molecule has 0 saturated heterocycles. The lowest BCUT2D eigenvalue weighted by molar-refractivity contribution is 0.0691. The second kappa shape index (κ2) is 6.20. The minimum absolute atomic E-state index is 0.243. The average Bonchev–Trinajstić information content (AvgIpc) is 2.71. The monoisotopic (exact) mass is 439 g/mol. The number of hydrogen-bond acceptors (Lipinski definition) is 3. The van der Waals surface area contributed by atoms with Crippen molar-refractivity contribution in [3.63, 3.8) is 0 Å². The smallest absolute Gasteiger partial charge is 0.338 e. The first kappa shape index (κ1) is 16.1. The van der Waals surface area contributed by atoms with Crippen molar-refractivity contribution in [3.8, 4) is 0 Å². The van der Waals surface area contributed by atoms with Crippen LogP contribution >= 0.6 is 43.2 Å². The van der Waals surface area contributed by atoms with E-state index in [-0.39, 0.29) is 5.56 Å². The van der Waals surface area contributed by atoms with Crippen molar-refractivity contribution in [3.05, 3.63) is 48.5 Å². The molecule has 0 unspecified atom stereocenters. The lowest BCUT2D eigenvalue weighted by Crippen LogP contribution is -2.14. The second-order valence-corrected chi connectivity index (χ2v) is 7.56. The van der Waals surface area contributed by atoms with E-state index in [1.807, 2.05) is 0 Å². The molecule has 110 valence electrons. The average molecular weight is 441 g/mol. The van der Waals surface area contributed by atoms with Gasteiger partial charge in [-0.3, -0.25) is 4.79 Å². The highest BCUT2D eigenvalue weighted by Crippen LogP contribution is 2.32. The number of halogens is 4. The maximum atomic E-state index is 13.6. The largest absolute Gasteiger partial charge is 0.478 e. The molecule has 0 bridgehead atoms. The SMILES string of the molecule is O=C(O)c1cc(NC(=O)c2cc(Br)sc2Br)c(F)cc1F. The van der Waals surface area contributed by atoms with E-state index >= 15 is 0 Å². The van der Waals surface area contributed by atoms with Crippen LogP contribution in [0.5, 0.6) is 0 Å². The van der Waals surface area contributed by atoms with E-state index in [1.54, 1.807) is 0 Å². The first-order valence-electron chi connectivity index (χ1n) is 5.28. The molecule has 0 aliphatic rings. The summed E-state index contributed by atoms with van der Waals surface area (Å²) in [6, 6.07) is 2.67. The normalized spacial score (nSPS) is 10.5. The van der Waals surface area contributed by atoms with E-state index in [0.29, 0.717) is 13.6 Å². The lowest BCUT2D eigenvalue weighted by Gasteiger charge is -2.07. The van der Waals surface area contributed by atoms with Crippen LogP contribution in [0, 0.1) is 11.6 Å². The maximum absolute atomic E-state index is 13.6. The zero-order chi connectivity index (χ0) is 15.7. The summed E-state index contributed by atoms with van der Waals surface area (Å²) in [5.41, 5.74) is -0.891. The van der Waals surface area contributed by atoms with E-state index in [1.165, 1.54) is 17.4 Å². The molecule has 4 nitrogen and oxygen atoms in total. The van der Waals surface area contributed by atoms with Gasteiger partial charge in [-0.05, 0) is 44.0 Å². The number of carboxylic acids is 1. The maximum Gasteiger partial charge on any atom is 0.338 e. The zero-order valence-corrected chi connectivity index (χ0v) is 13.9. The van der Waals surface area contributed by atoms with Crippen molar-refractivity contribution in [2.24, 2.45) is 0 Å². The highest BCUT2D eigenvalue weighted by atomic mass is 79.9. The van der Waals surface area contributed by atoms with Gasteiger partial charge in [-0.25, -0.2) is 13.6 Å². The number of thiophene rings is 1. The molecular weight excluding hydrogens is 436 g/mol. The van der Waals surface area contributed by atoms with Gasteiger partial charge in [-0.1, -0.05) is 0 Å². The molecule has 0 fully saturated rings. The number of carbonyl (C=O) groups excluding carboxylic acids is 1. The van der Waals surface area contributed by atoms with Gasteiger partial charge < -0.3 is 10.4 Å². The molecular formula is C12H5Br2F2NO3S. The minimum Gasteiger partial charge on any atom is -0.478 e. The number of nitrogens with one attached hydrogen (secondary N) is 1. The number of rotatable bonds is 3. The molecule has 0 radical (unpaired) electrons. The van der Waals surface area contributed by atoms with E-state index in [0.717, 1.165) is 6.07 Å². The quantitative estimate of drug-likeness (QED) is 0.738. The Balaban J connectivity index is 2.35. The summed E-state index contributed by atoms with van der Waals surface area (Å²) >= 11 is 7.62. The Morgan fingerprint density at radius 2 is 1.76 bits per heavy atom. The molecule has 0 saturated carbocycles.